The molecule has 2 aliphatic heterocycles. The van der Waals surface area contributed by atoms with Gasteiger partial charge in [0.25, 0.3) is 0 Å². The highest BCUT2D eigenvalue weighted by molar-refractivity contribution is 9.10. The van der Waals surface area contributed by atoms with E-state index in [4.69, 9.17) is 4.74 Å². The minimum absolute atomic E-state index is 0.395. The third-order valence-electron chi connectivity index (χ3n) is 3.84. The zero-order chi connectivity index (χ0) is 12.7. The molecule has 1 aromatic rings. The Balaban J connectivity index is 1.84. The van der Waals surface area contributed by atoms with Gasteiger partial charge < -0.3 is 14.7 Å². The molecule has 3 atom stereocenters. The van der Waals surface area contributed by atoms with Gasteiger partial charge >= 0.3 is 0 Å². The highest BCUT2D eigenvalue weighted by atomic mass is 79.9. The van der Waals surface area contributed by atoms with Crippen molar-refractivity contribution in [3.63, 3.8) is 0 Å². The van der Waals surface area contributed by atoms with Crippen molar-refractivity contribution in [2.75, 3.05) is 18.0 Å². The number of fused-ring (bicyclic) bond motifs is 2. The molecule has 0 aliphatic carbocycles. The van der Waals surface area contributed by atoms with E-state index in [0.29, 0.717) is 12.2 Å². The van der Waals surface area contributed by atoms with Crippen molar-refractivity contribution in [1.82, 2.24) is 0 Å². The van der Waals surface area contributed by atoms with E-state index in [9.17, 15) is 5.11 Å². The molecule has 0 aromatic heterocycles. The van der Waals surface area contributed by atoms with E-state index in [1.54, 1.807) is 6.92 Å². The number of hydrogen-bond acceptors (Lipinski definition) is 3. The van der Waals surface area contributed by atoms with Crippen molar-refractivity contribution in [2.45, 2.75) is 38.1 Å². The lowest BCUT2D eigenvalue weighted by molar-refractivity contribution is 0.0304. The van der Waals surface area contributed by atoms with E-state index in [-0.39, 0.29) is 0 Å². The molecule has 1 aromatic carbocycles. The number of aliphatic hydroxyl groups is 1. The van der Waals surface area contributed by atoms with E-state index >= 15 is 0 Å². The fourth-order valence-electron chi connectivity index (χ4n) is 2.85. The maximum absolute atomic E-state index is 9.59. The smallest absolute Gasteiger partial charge is 0.0762 e. The van der Waals surface area contributed by atoms with Crippen LogP contribution in [0.2, 0.25) is 0 Å². The average Bonchev–Trinajstić information content (AvgIpc) is 2.68. The first-order chi connectivity index (χ1) is 8.63. The number of anilines is 1. The summed E-state index contributed by atoms with van der Waals surface area (Å²) in [6.07, 6.45) is 2.74. The maximum Gasteiger partial charge on any atom is 0.0762 e. The van der Waals surface area contributed by atoms with Gasteiger partial charge in [-0.1, -0.05) is 6.07 Å². The Labute approximate surface area is 116 Å². The lowest BCUT2D eigenvalue weighted by Crippen LogP contribution is -2.42. The lowest BCUT2D eigenvalue weighted by atomic mass is 10.1. The van der Waals surface area contributed by atoms with Crippen LogP contribution in [-0.4, -0.2) is 30.4 Å². The Morgan fingerprint density at radius 2 is 2.00 bits per heavy atom. The van der Waals surface area contributed by atoms with Crippen LogP contribution >= 0.6 is 15.9 Å². The van der Waals surface area contributed by atoms with Crippen LogP contribution in [0.25, 0.3) is 0 Å². The van der Waals surface area contributed by atoms with Crippen LogP contribution in [0.1, 0.15) is 31.4 Å². The Hall–Kier alpha value is -0.580. The first-order valence-electron chi connectivity index (χ1n) is 6.51. The standard InChI is InChI=1S/C14H18BrNO2/c1-9(17)10-2-5-14(13(15)6-10)16-7-11-3-4-12(8-16)18-11/h2,5-6,9,11-12,17H,3-4,7-8H2,1H3/t9-,11?,12?/m1/s1. The van der Waals surface area contributed by atoms with E-state index in [0.717, 1.165) is 23.1 Å². The molecule has 2 fully saturated rings. The van der Waals surface area contributed by atoms with Gasteiger partial charge in [-0.25, -0.2) is 0 Å². The molecule has 4 heteroatoms. The molecular formula is C14H18BrNO2. The summed E-state index contributed by atoms with van der Waals surface area (Å²) in [4.78, 5) is 2.39. The lowest BCUT2D eigenvalue weighted by Gasteiger charge is -2.34. The van der Waals surface area contributed by atoms with Crippen molar-refractivity contribution >= 4 is 21.6 Å². The van der Waals surface area contributed by atoms with Crippen molar-refractivity contribution in [2.24, 2.45) is 0 Å². The number of rotatable bonds is 2. The minimum Gasteiger partial charge on any atom is -0.389 e. The van der Waals surface area contributed by atoms with Gasteiger partial charge in [-0.3, -0.25) is 0 Å². The second-order valence-corrected chi connectivity index (χ2v) is 6.10. The molecule has 2 unspecified atom stereocenters. The molecule has 18 heavy (non-hydrogen) atoms. The SMILES string of the molecule is C[C@@H](O)c1ccc(N2CC3CCC(C2)O3)c(Br)c1. The number of aliphatic hydroxyl groups excluding tert-OH is 1. The summed E-state index contributed by atoms with van der Waals surface area (Å²) in [7, 11) is 0. The number of hydrogen-bond donors (Lipinski definition) is 1. The molecule has 0 radical (unpaired) electrons. The van der Waals surface area contributed by atoms with Crippen molar-refractivity contribution in [3.05, 3.63) is 28.2 Å². The summed E-state index contributed by atoms with van der Waals surface area (Å²) < 4.78 is 6.91. The highest BCUT2D eigenvalue weighted by Crippen LogP contribution is 2.34. The van der Waals surface area contributed by atoms with E-state index in [1.807, 2.05) is 12.1 Å². The number of halogens is 1. The largest absolute Gasteiger partial charge is 0.389 e. The fourth-order valence-corrected chi connectivity index (χ4v) is 3.50. The number of nitrogens with zero attached hydrogens (tertiary/aromatic N) is 1. The average molecular weight is 312 g/mol. The topological polar surface area (TPSA) is 32.7 Å². The Morgan fingerprint density at radius 3 is 2.56 bits per heavy atom. The monoisotopic (exact) mass is 311 g/mol. The Kier molecular flexibility index (Phi) is 3.34. The van der Waals surface area contributed by atoms with Gasteiger partial charge in [-0.2, -0.15) is 0 Å². The minimum atomic E-state index is -0.420. The third kappa shape index (κ3) is 2.29. The number of benzene rings is 1. The third-order valence-corrected chi connectivity index (χ3v) is 4.47. The van der Waals surface area contributed by atoms with Crippen LogP contribution in [0.15, 0.2) is 22.7 Å². The molecule has 3 nitrogen and oxygen atoms in total. The molecule has 3 rings (SSSR count). The van der Waals surface area contributed by atoms with Crippen LogP contribution in [0.3, 0.4) is 0 Å². The second-order valence-electron chi connectivity index (χ2n) is 5.25. The van der Waals surface area contributed by atoms with Crippen molar-refractivity contribution < 1.29 is 9.84 Å². The predicted octanol–water partition coefficient (Wildman–Crippen LogP) is 2.87. The van der Waals surface area contributed by atoms with Crippen LogP contribution in [0, 0.1) is 0 Å². The van der Waals surface area contributed by atoms with Crippen LogP contribution in [-0.2, 0) is 4.74 Å². The second kappa shape index (κ2) is 4.83. The van der Waals surface area contributed by atoms with Gasteiger partial charge in [-0.05, 0) is 53.4 Å². The molecule has 0 saturated carbocycles. The van der Waals surface area contributed by atoms with Gasteiger partial charge in [0.2, 0.25) is 0 Å². The number of morpholine rings is 1. The number of ether oxygens (including phenoxy) is 1. The summed E-state index contributed by atoms with van der Waals surface area (Å²) >= 11 is 3.62. The van der Waals surface area contributed by atoms with Crippen LogP contribution < -0.4 is 4.90 Å². The quantitative estimate of drug-likeness (QED) is 0.911. The highest BCUT2D eigenvalue weighted by Gasteiger charge is 2.34. The van der Waals surface area contributed by atoms with E-state index < -0.39 is 6.10 Å². The van der Waals surface area contributed by atoms with Gasteiger partial charge in [0.15, 0.2) is 0 Å². The Bertz CT molecular complexity index is 437. The fraction of sp³-hybridized carbons (Fsp3) is 0.571. The van der Waals surface area contributed by atoms with Crippen molar-refractivity contribution in [3.8, 4) is 0 Å². The molecule has 2 aliphatic rings. The molecule has 1 N–H and O–H groups in total. The molecule has 0 amide bonds. The van der Waals surface area contributed by atoms with Crippen molar-refractivity contribution in [1.29, 1.82) is 0 Å². The van der Waals surface area contributed by atoms with Crippen LogP contribution in [0.5, 0.6) is 0 Å². The van der Waals surface area contributed by atoms with E-state index in [1.165, 1.54) is 18.5 Å². The molecule has 98 valence electrons. The summed E-state index contributed by atoms with van der Waals surface area (Å²) in [5, 5.41) is 9.59. The molecule has 0 spiro atoms. The van der Waals surface area contributed by atoms with Gasteiger partial charge in [0.05, 0.1) is 24.0 Å². The molecular weight excluding hydrogens is 294 g/mol. The first kappa shape index (κ1) is 12.5. The summed E-state index contributed by atoms with van der Waals surface area (Å²) in [5.41, 5.74) is 2.15. The molecule has 2 bridgehead atoms. The van der Waals surface area contributed by atoms with Gasteiger partial charge in [0, 0.05) is 17.6 Å². The zero-order valence-electron chi connectivity index (χ0n) is 10.5. The predicted molar refractivity (Wildman–Crippen MR) is 74.9 cm³/mol. The zero-order valence-corrected chi connectivity index (χ0v) is 12.1. The summed E-state index contributed by atoms with van der Waals surface area (Å²) in [6.45, 7) is 3.74. The maximum atomic E-state index is 9.59. The summed E-state index contributed by atoms with van der Waals surface area (Å²) in [5.74, 6) is 0. The van der Waals surface area contributed by atoms with E-state index in [2.05, 4.69) is 26.9 Å². The van der Waals surface area contributed by atoms with Gasteiger partial charge in [0.1, 0.15) is 0 Å². The van der Waals surface area contributed by atoms with Gasteiger partial charge in [-0.15, -0.1) is 0 Å². The summed E-state index contributed by atoms with van der Waals surface area (Å²) in [6, 6.07) is 6.11. The molecule has 2 heterocycles. The Morgan fingerprint density at radius 1 is 1.33 bits per heavy atom. The van der Waals surface area contributed by atoms with Crippen LogP contribution in [0.4, 0.5) is 5.69 Å². The normalized spacial score (nSPS) is 28.5. The molecule has 2 saturated heterocycles. The first-order valence-corrected chi connectivity index (χ1v) is 7.30.